The molecular weight excluding hydrogens is 276 g/mol. The molecule has 1 aromatic heterocycles. The largest absolute Gasteiger partial charge is 0.354 e. The maximum Gasteiger partial charge on any atom is 0.224 e. The van der Waals surface area contributed by atoms with Gasteiger partial charge in [-0.15, -0.1) is 0 Å². The van der Waals surface area contributed by atoms with Crippen LogP contribution < -0.4 is 10.2 Å². The first-order chi connectivity index (χ1) is 9.58. The van der Waals surface area contributed by atoms with Crippen molar-refractivity contribution < 1.29 is 4.79 Å². The third-order valence-electron chi connectivity index (χ3n) is 3.44. The number of amides is 1. The molecule has 0 aliphatic carbocycles. The van der Waals surface area contributed by atoms with Crippen LogP contribution in [0.15, 0.2) is 6.07 Å². The summed E-state index contributed by atoms with van der Waals surface area (Å²) < 4.78 is 0. The fourth-order valence-electron chi connectivity index (χ4n) is 2.47. The first-order valence-electron chi connectivity index (χ1n) is 7.14. The Kier molecular flexibility index (Phi) is 5.17. The summed E-state index contributed by atoms with van der Waals surface area (Å²) in [5, 5.41) is 3.25. The number of carbonyl (C=O) groups excluding carboxylic acids is 1. The van der Waals surface area contributed by atoms with Gasteiger partial charge < -0.3 is 10.2 Å². The summed E-state index contributed by atoms with van der Waals surface area (Å²) in [6, 6.07) is 2.21. The molecule has 2 rings (SSSR count). The first-order valence-corrected chi connectivity index (χ1v) is 7.51. The van der Waals surface area contributed by atoms with Crippen molar-refractivity contribution in [3.63, 3.8) is 0 Å². The SMILES string of the molecule is CCCCc1cc(N2CC[C@H](NC(C)=O)C2)nc(Cl)n1. The molecule has 110 valence electrons. The van der Waals surface area contributed by atoms with E-state index in [1.807, 2.05) is 6.07 Å². The number of unbranched alkanes of at least 4 members (excludes halogenated alkanes) is 1. The van der Waals surface area contributed by atoms with E-state index in [4.69, 9.17) is 11.6 Å². The standard InChI is InChI=1S/C14H21ClN4O/c1-3-4-5-11-8-13(18-14(15)17-11)19-7-6-12(9-19)16-10(2)20/h8,12H,3-7,9H2,1-2H3,(H,16,20)/t12-/m0/s1. The lowest BCUT2D eigenvalue weighted by atomic mass is 10.2. The minimum Gasteiger partial charge on any atom is -0.354 e. The van der Waals surface area contributed by atoms with Crippen LogP contribution in [-0.2, 0) is 11.2 Å². The molecule has 1 fully saturated rings. The molecule has 1 atom stereocenters. The van der Waals surface area contributed by atoms with Gasteiger partial charge in [-0.3, -0.25) is 4.79 Å². The molecule has 0 radical (unpaired) electrons. The van der Waals surface area contributed by atoms with E-state index in [2.05, 4.69) is 27.1 Å². The highest BCUT2D eigenvalue weighted by molar-refractivity contribution is 6.28. The van der Waals surface area contributed by atoms with Gasteiger partial charge in [0.25, 0.3) is 0 Å². The molecule has 1 aliphatic rings. The highest BCUT2D eigenvalue weighted by atomic mass is 35.5. The molecule has 1 saturated heterocycles. The van der Waals surface area contributed by atoms with Crippen LogP contribution >= 0.6 is 11.6 Å². The van der Waals surface area contributed by atoms with Gasteiger partial charge in [-0.05, 0) is 30.9 Å². The van der Waals surface area contributed by atoms with E-state index in [1.165, 1.54) is 0 Å². The molecule has 0 unspecified atom stereocenters. The number of nitrogens with one attached hydrogen (secondary N) is 1. The topological polar surface area (TPSA) is 58.1 Å². The van der Waals surface area contributed by atoms with Crippen LogP contribution in [0.2, 0.25) is 5.28 Å². The minimum atomic E-state index is 0.0150. The highest BCUT2D eigenvalue weighted by Crippen LogP contribution is 2.21. The normalized spacial score (nSPS) is 18.4. The fourth-order valence-corrected chi connectivity index (χ4v) is 2.67. The number of halogens is 1. The van der Waals surface area contributed by atoms with Crippen LogP contribution in [0.4, 0.5) is 5.82 Å². The molecular formula is C14H21ClN4O. The summed E-state index contributed by atoms with van der Waals surface area (Å²) in [7, 11) is 0. The van der Waals surface area contributed by atoms with E-state index >= 15 is 0 Å². The van der Waals surface area contributed by atoms with Gasteiger partial charge in [0, 0.05) is 37.8 Å². The number of hydrogen-bond donors (Lipinski definition) is 1. The number of aryl methyl sites for hydroxylation is 1. The smallest absolute Gasteiger partial charge is 0.224 e. The van der Waals surface area contributed by atoms with Crippen molar-refractivity contribution in [3.05, 3.63) is 17.0 Å². The number of carbonyl (C=O) groups is 1. The molecule has 1 amide bonds. The number of anilines is 1. The molecule has 6 heteroatoms. The van der Waals surface area contributed by atoms with Gasteiger partial charge in [0.1, 0.15) is 5.82 Å². The van der Waals surface area contributed by atoms with Gasteiger partial charge in [-0.25, -0.2) is 9.97 Å². The van der Waals surface area contributed by atoms with E-state index in [9.17, 15) is 4.79 Å². The summed E-state index contributed by atoms with van der Waals surface area (Å²) in [4.78, 5) is 21.8. The minimum absolute atomic E-state index is 0.0150. The Morgan fingerprint density at radius 1 is 1.55 bits per heavy atom. The zero-order valence-electron chi connectivity index (χ0n) is 12.0. The van der Waals surface area contributed by atoms with Crippen molar-refractivity contribution in [3.8, 4) is 0 Å². The summed E-state index contributed by atoms with van der Waals surface area (Å²) >= 11 is 6.01. The van der Waals surface area contributed by atoms with Crippen LogP contribution in [-0.4, -0.2) is 35.0 Å². The van der Waals surface area contributed by atoms with E-state index in [0.717, 1.165) is 50.3 Å². The quantitative estimate of drug-likeness (QED) is 0.846. The van der Waals surface area contributed by atoms with Crippen molar-refractivity contribution in [2.45, 2.75) is 45.6 Å². The zero-order chi connectivity index (χ0) is 14.5. The number of aromatic nitrogens is 2. The summed E-state index contributed by atoms with van der Waals surface area (Å²) in [5.41, 5.74) is 0.991. The summed E-state index contributed by atoms with van der Waals surface area (Å²) in [6.07, 6.45) is 4.09. The maximum absolute atomic E-state index is 11.1. The number of hydrogen-bond acceptors (Lipinski definition) is 4. The van der Waals surface area contributed by atoms with Crippen molar-refractivity contribution >= 4 is 23.3 Å². The Morgan fingerprint density at radius 3 is 3.05 bits per heavy atom. The molecule has 1 aromatic rings. The van der Waals surface area contributed by atoms with Gasteiger partial charge in [0.05, 0.1) is 0 Å². The highest BCUT2D eigenvalue weighted by Gasteiger charge is 2.24. The Morgan fingerprint density at radius 2 is 2.35 bits per heavy atom. The van der Waals surface area contributed by atoms with Crippen molar-refractivity contribution in [1.29, 1.82) is 0 Å². The van der Waals surface area contributed by atoms with E-state index in [-0.39, 0.29) is 11.9 Å². The van der Waals surface area contributed by atoms with Crippen LogP contribution in [0.5, 0.6) is 0 Å². The van der Waals surface area contributed by atoms with Gasteiger partial charge in [0.2, 0.25) is 11.2 Å². The van der Waals surface area contributed by atoms with Gasteiger partial charge in [-0.2, -0.15) is 0 Å². The molecule has 0 saturated carbocycles. The van der Waals surface area contributed by atoms with E-state index in [1.54, 1.807) is 6.92 Å². The molecule has 0 spiro atoms. The number of rotatable bonds is 5. The van der Waals surface area contributed by atoms with Crippen LogP contribution in [0, 0.1) is 0 Å². The molecule has 1 aliphatic heterocycles. The molecule has 5 nitrogen and oxygen atoms in total. The third kappa shape index (κ3) is 4.07. The lowest BCUT2D eigenvalue weighted by molar-refractivity contribution is -0.119. The van der Waals surface area contributed by atoms with Crippen LogP contribution in [0.25, 0.3) is 0 Å². The summed E-state index contributed by atoms with van der Waals surface area (Å²) in [5.74, 6) is 0.880. The third-order valence-corrected chi connectivity index (χ3v) is 3.61. The van der Waals surface area contributed by atoms with E-state index in [0.29, 0.717) is 5.28 Å². The average molecular weight is 297 g/mol. The van der Waals surface area contributed by atoms with Crippen molar-refractivity contribution in [2.24, 2.45) is 0 Å². The Bertz CT molecular complexity index is 480. The molecule has 0 aromatic carbocycles. The van der Waals surface area contributed by atoms with Crippen LogP contribution in [0.3, 0.4) is 0 Å². The summed E-state index contributed by atoms with van der Waals surface area (Å²) in [6.45, 7) is 5.36. The van der Waals surface area contributed by atoms with Crippen molar-refractivity contribution in [2.75, 3.05) is 18.0 Å². The molecule has 2 heterocycles. The zero-order valence-corrected chi connectivity index (χ0v) is 12.8. The van der Waals surface area contributed by atoms with E-state index < -0.39 is 0 Å². The second-order valence-corrected chi connectivity index (χ2v) is 5.56. The second kappa shape index (κ2) is 6.88. The Labute approximate surface area is 124 Å². The van der Waals surface area contributed by atoms with Crippen LogP contribution in [0.1, 0.15) is 38.8 Å². The monoisotopic (exact) mass is 296 g/mol. The second-order valence-electron chi connectivity index (χ2n) is 5.22. The molecule has 20 heavy (non-hydrogen) atoms. The Hall–Kier alpha value is -1.36. The molecule has 1 N–H and O–H groups in total. The first kappa shape index (κ1) is 15.0. The lowest BCUT2D eigenvalue weighted by Crippen LogP contribution is -2.35. The number of nitrogens with zero attached hydrogens (tertiary/aromatic N) is 3. The van der Waals surface area contributed by atoms with Gasteiger partial charge in [-0.1, -0.05) is 13.3 Å². The van der Waals surface area contributed by atoms with Crippen molar-refractivity contribution in [1.82, 2.24) is 15.3 Å². The average Bonchev–Trinajstić information content (AvgIpc) is 2.83. The Balaban J connectivity index is 2.05. The molecule has 0 bridgehead atoms. The predicted octanol–water partition coefficient (Wildman–Crippen LogP) is 2.19. The fraction of sp³-hybridized carbons (Fsp3) is 0.643. The van der Waals surface area contributed by atoms with Gasteiger partial charge >= 0.3 is 0 Å². The maximum atomic E-state index is 11.1. The predicted molar refractivity (Wildman–Crippen MR) is 80.1 cm³/mol. The lowest BCUT2D eigenvalue weighted by Gasteiger charge is -2.18. The van der Waals surface area contributed by atoms with Gasteiger partial charge in [0.15, 0.2) is 0 Å².